The van der Waals surface area contributed by atoms with E-state index in [-0.39, 0.29) is 23.7 Å². The summed E-state index contributed by atoms with van der Waals surface area (Å²) in [5.74, 6) is -0.279. The average molecular weight is 320 g/mol. The number of halogens is 1. The number of hydrogen-bond donors (Lipinski definition) is 1. The fourth-order valence-electron chi connectivity index (χ4n) is 3.74. The summed E-state index contributed by atoms with van der Waals surface area (Å²) in [5.41, 5.74) is 6.72. The third-order valence-electron chi connectivity index (χ3n) is 5.15. The maximum Gasteiger partial charge on any atom is 0.227 e. The minimum atomic E-state index is -0.429. The van der Waals surface area contributed by atoms with Gasteiger partial charge in [0, 0.05) is 12.1 Å². The normalized spacial score (nSPS) is 31.9. The molecule has 0 aromatic heterocycles. The molecule has 4 nitrogen and oxygen atoms in total. The molecule has 1 aliphatic carbocycles. The van der Waals surface area contributed by atoms with Gasteiger partial charge in [-0.25, -0.2) is 4.39 Å². The Kier molecular flexibility index (Phi) is 4.69. The van der Waals surface area contributed by atoms with Crippen molar-refractivity contribution in [2.75, 3.05) is 19.7 Å². The summed E-state index contributed by atoms with van der Waals surface area (Å²) in [6.45, 7) is 3.51. The first kappa shape index (κ1) is 16.4. The van der Waals surface area contributed by atoms with Gasteiger partial charge in [-0.3, -0.25) is 4.79 Å². The van der Waals surface area contributed by atoms with Crippen LogP contribution in [0.3, 0.4) is 0 Å². The first-order valence-electron chi connectivity index (χ1n) is 8.42. The molecule has 3 atom stereocenters. The van der Waals surface area contributed by atoms with Gasteiger partial charge in [0.05, 0.1) is 19.1 Å². The van der Waals surface area contributed by atoms with E-state index < -0.39 is 5.54 Å². The number of ether oxygens (including phenoxy) is 1. The highest BCUT2D eigenvalue weighted by atomic mass is 19.1. The molecule has 1 saturated heterocycles. The van der Waals surface area contributed by atoms with Crippen LogP contribution >= 0.6 is 0 Å². The summed E-state index contributed by atoms with van der Waals surface area (Å²) >= 11 is 0. The van der Waals surface area contributed by atoms with Gasteiger partial charge < -0.3 is 15.4 Å². The molecule has 0 bridgehead atoms. The van der Waals surface area contributed by atoms with E-state index in [0.29, 0.717) is 19.7 Å². The summed E-state index contributed by atoms with van der Waals surface area (Å²) in [7, 11) is 0. The number of benzene rings is 1. The molecule has 0 radical (unpaired) electrons. The third-order valence-corrected chi connectivity index (χ3v) is 5.15. The van der Waals surface area contributed by atoms with E-state index in [4.69, 9.17) is 10.5 Å². The van der Waals surface area contributed by atoms with Crippen LogP contribution in [-0.4, -0.2) is 36.0 Å². The topological polar surface area (TPSA) is 55.6 Å². The summed E-state index contributed by atoms with van der Waals surface area (Å²) in [5, 5.41) is 0. The van der Waals surface area contributed by atoms with Crippen molar-refractivity contribution in [3.63, 3.8) is 0 Å². The van der Waals surface area contributed by atoms with Crippen LogP contribution in [0.2, 0.25) is 0 Å². The van der Waals surface area contributed by atoms with Gasteiger partial charge >= 0.3 is 0 Å². The number of rotatable bonds is 2. The molecular formula is C18H25FN2O2. The Morgan fingerprint density at radius 1 is 1.43 bits per heavy atom. The lowest BCUT2D eigenvalue weighted by Gasteiger charge is -2.42. The Bertz CT molecular complexity index is 576. The number of amides is 1. The SMILES string of the molecule is CC1(N)CCCCC1C(=O)N1CCOC(c2cccc(F)c2)C1. The monoisotopic (exact) mass is 320 g/mol. The summed E-state index contributed by atoms with van der Waals surface area (Å²) in [6.07, 6.45) is 3.62. The van der Waals surface area contributed by atoms with E-state index in [2.05, 4.69) is 0 Å². The second kappa shape index (κ2) is 6.57. The van der Waals surface area contributed by atoms with Crippen molar-refractivity contribution in [3.05, 3.63) is 35.6 Å². The quantitative estimate of drug-likeness (QED) is 0.911. The Morgan fingerprint density at radius 3 is 3.00 bits per heavy atom. The number of nitrogens with two attached hydrogens (primary N) is 1. The zero-order valence-corrected chi connectivity index (χ0v) is 13.6. The molecule has 1 aromatic carbocycles. The highest BCUT2D eigenvalue weighted by molar-refractivity contribution is 5.80. The standard InChI is InChI=1S/C18H25FN2O2/c1-18(20)8-3-2-7-15(18)17(22)21-9-10-23-16(12-21)13-5-4-6-14(19)11-13/h4-6,11,15-16H,2-3,7-10,12,20H2,1H3. The van der Waals surface area contributed by atoms with Gasteiger partial charge in [0.25, 0.3) is 0 Å². The lowest BCUT2D eigenvalue weighted by atomic mass is 9.74. The van der Waals surface area contributed by atoms with Gasteiger partial charge in [-0.1, -0.05) is 25.0 Å². The Morgan fingerprint density at radius 2 is 2.26 bits per heavy atom. The maximum absolute atomic E-state index is 13.4. The van der Waals surface area contributed by atoms with Gasteiger partial charge in [-0.2, -0.15) is 0 Å². The zero-order valence-electron chi connectivity index (χ0n) is 13.6. The Hall–Kier alpha value is -1.46. The van der Waals surface area contributed by atoms with Crippen LogP contribution in [0.5, 0.6) is 0 Å². The van der Waals surface area contributed by atoms with Crippen molar-refractivity contribution < 1.29 is 13.9 Å². The number of hydrogen-bond acceptors (Lipinski definition) is 3. The molecule has 3 unspecified atom stereocenters. The molecule has 1 heterocycles. The molecule has 1 aromatic rings. The Labute approximate surface area is 136 Å². The number of morpholine rings is 1. The largest absolute Gasteiger partial charge is 0.370 e. The molecule has 0 spiro atoms. The first-order valence-corrected chi connectivity index (χ1v) is 8.42. The van der Waals surface area contributed by atoms with Gasteiger partial charge in [0.15, 0.2) is 0 Å². The molecule has 1 aliphatic heterocycles. The molecule has 1 saturated carbocycles. The molecule has 5 heteroatoms. The van der Waals surface area contributed by atoms with Crippen molar-refractivity contribution in [2.45, 2.75) is 44.2 Å². The van der Waals surface area contributed by atoms with E-state index in [1.54, 1.807) is 6.07 Å². The van der Waals surface area contributed by atoms with Crippen LogP contribution in [0.25, 0.3) is 0 Å². The maximum atomic E-state index is 13.4. The molecule has 3 rings (SSSR count). The van der Waals surface area contributed by atoms with Gasteiger partial charge in [0.2, 0.25) is 5.91 Å². The fraction of sp³-hybridized carbons (Fsp3) is 0.611. The third kappa shape index (κ3) is 3.56. The summed E-state index contributed by atoms with van der Waals surface area (Å²) in [6, 6.07) is 6.41. The minimum absolute atomic E-state index is 0.123. The van der Waals surface area contributed by atoms with E-state index in [0.717, 1.165) is 31.2 Å². The van der Waals surface area contributed by atoms with Gasteiger partial charge in [0.1, 0.15) is 11.9 Å². The predicted molar refractivity (Wildman–Crippen MR) is 86.2 cm³/mol. The van der Waals surface area contributed by atoms with Crippen LogP contribution < -0.4 is 5.73 Å². The van der Waals surface area contributed by atoms with Crippen molar-refractivity contribution in [1.29, 1.82) is 0 Å². The predicted octanol–water partition coefficient (Wildman–Crippen LogP) is 2.63. The smallest absolute Gasteiger partial charge is 0.227 e. The van der Waals surface area contributed by atoms with Crippen molar-refractivity contribution in [1.82, 2.24) is 4.90 Å². The second-order valence-electron chi connectivity index (χ2n) is 7.00. The fourth-order valence-corrected chi connectivity index (χ4v) is 3.74. The van der Waals surface area contributed by atoms with E-state index in [1.807, 2.05) is 17.9 Å². The van der Waals surface area contributed by atoms with E-state index in [9.17, 15) is 9.18 Å². The minimum Gasteiger partial charge on any atom is -0.370 e. The lowest BCUT2D eigenvalue weighted by molar-refractivity contribution is -0.146. The molecule has 2 N–H and O–H groups in total. The molecular weight excluding hydrogens is 295 g/mol. The van der Waals surface area contributed by atoms with Gasteiger partial charge in [-0.15, -0.1) is 0 Å². The molecule has 2 fully saturated rings. The van der Waals surface area contributed by atoms with Gasteiger partial charge in [-0.05, 0) is 37.5 Å². The average Bonchev–Trinajstić information content (AvgIpc) is 2.54. The van der Waals surface area contributed by atoms with Crippen LogP contribution in [0.1, 0.15) is 44.3 Å². The zero-order chi connectivity index (χ0) is 16.4. The van der Waals surface area contributed by atoms with E-state index in [1.165, 1.54) is 12.1 Å². The molecule has 2 aliphatic rings. The number of nitrogens with zero attached hydrogens (tertiary/aromatic N) is 1. The van der Waals surface area contributed by atoms with Crippen LogP contribution in [-0.2, 0) is 9.53 Å². The molecule has 23 heavy (non-hydrogen) atoms. The summed E-state index contributed by atoms with van der Waals surface area (Å²) in [4.78, 5) is 14.8. The van der Waals surface area contributed by atoms with E-state index >= 15 is 0 Å². The molecule has 126 valence electrons. The highest BCUT2D eigenvalue weighted by Gasteiger charge is 2.41. The van der Waals surface area contributed by atoms with Crippen molar-refractivity contribution in [2.24, 2.45) is 11.7 Å². The van der Waals surface area contributed by atoms with Crippen LogP contribution in [0, 0.1) is 11.7 Å². The van der Waals surface area contributed by atoms with Crippen molar-refractivity contribution >= 4 is 5.91 Å². The van der Waals surface area contributed by atoms with Crippen LogP contribution in [0.15, 0.2) is 24.3 Å². The molecule has 1 amide bonds. The first-order chi connectivity index (χ1) is 11.0. The van der Waals surface area contributed by atoms with Crippen molar-refractivity contribution in [3.8, 4) is 0 Å². The number of carbonyl (C=O) groups excluding carboxylic acids is 1. The number of carbonyl (C=O) groups is 1. The highest BCUT2D eigenvalue weighted by Crippen LogP contribution is 2.34. The summed E-state index contributed by atoms with van der Waals surface area (Å²) < 4.78 is 19.2. The van der Waals surface area contributed by atoms with Crippen LogP contribution in [0.4, 0.5) is 4.39 Å². The lowest BCUT2D eigenvalue weighted by Crippen LogP contribution is -2.55. The Balaban J connectivity index is 1.72. The second-order valence-corrected chi connectivity index (χ2v) is 7.00.